The standard InChI is InChI=1S/C13H12ClFN2O/c14-12-5-9(15)1-4-11(12)13-8(7-17-18-13)6-16-10-2-3-10/h1,4-5,7,10,16H,2-3,6H2. The largest absolute Gasteiger partial charge is 0.356 e. The van der Waals surface area contributed by atoms with Crippen LogP contribution in [0.4, 0.5) is 4.39 Å². The van der Waals surface area contributed by atoms with Gasteiger partial charge in [-0.3, -0.25) is 0 Å². The molecule has 1 fully saturated rings. The Labute approximate surface area is 109 Å². The highest BCUT2D eigenvalue weighted by atomic mass is 35.5. The van der Waals surface area contributed by atoms with Gasteiger partial charge < -0.3 is 9.84 Å². The van der Waals surface area contributed by atoms with Gasteiger partial charge in [0, 0.05) is 23.7 Å². The molecule has 5 heteroatoms. The Hall–Kier alpha value is -1.39. The molecule has 1 aromatic carbocycles. The third-order valence-corrected chi connectivity index (χ3v) is 3.29. The first-order chi connectivity index (χ1) is 8.74. The normalized spacial score (nSPS) is 15.0. The minimum absolute atomic E-state index is 0.333. The summed E-state index contributed by atoms with van der Waals surface area (Å²) >= 11 is 6.02. The lowest BCUT2D eigenvalue weighted by molar-refractivity contribution is 0.431. The molecule has 94 valence electrons. The predicted molar refractivity (Wildman–Crippen MR) is 66.8 cm³/mol. The van der Waals surface area contributed by atoms with Gasteiger partial charge in [-0.05, 0) is 31.0 Å². The Balaban J connectivity index is 1.88. The Morgan fingerprint density at radius 1 is 1.44 bits per heavy atom. The van der Waals surface area contributed by atoms with Crippen LogP contribution in [0, 0.1) is 5.82 Å². The quantitative estimate of drug-likeness (QED) is 0.922. The van der Waals surface area contributed by atoms with E-state index in [4.69, 9.17) is 16.1 Å². The van der Waals surface area contributed by atoms with Crippen LogP contribution in [-0.2, 0) is 6.54 Å². The van der Waals surface area contributed by atoms with E-state index in [1.54, 1.807) is 12.3 Å². The van der Waals surface area contributed by atoms with E-state index in [2.05, 4.69) is 10.5 Å². The van der Waals surface area contributed by atoms with Gasteiger partial charge in [0.1, 0.15) is 5.82 Å². The lowest BCUT2D eigenvalue weighted by Crippen LogP contribution is -2.15. The minimum atomic E-state index is -0.360. The highest BCUT2D eigenvalue weighted by Gasteiger charge is 2.22. The topological polar surface area (TPSA) is 38.1 Å². The van der Waals surface area contributed by atoms with E-state index in [0.29, 0.717) is 28.9 Å². The first kappa shape index (κ1) is 11.7. The molecular formula is C13H12ClFN2O. The number of nitrogens with one attached hydrogen (secondary N) is 1. The molecule has 0 saturated heterocycles. The summed E-state index contributed by atoms with van der Waals surface area (Å²) in [5.74, 6) is 0.245. The van der Waals surface area contributed by atoms with Crippen molar-refractivity contribution in [2.45, 2.75) is 25.4 Å². The van der Waals surface area contributed by atoms with E-state index in [0.717, 1.165) is 5.56 Å². The van der Waals surface area contributed by atoms with E-state index in [1.165, 1.54) is 25.0 Å². The monoisotopic (exact) mass is 266 g/mol. The van der Waals surface area contributed by atoms with Gasteiger partial charge in [0.25, 0.3) is 0 Å². The molecule has 0 radical (unpaired) electrons. The first-order valence-electron chi connectivity index (χ1n) is 5.86. The van der Waals surface area contributed by atoms with Crippen molar-refractivity contribution in [2.75, 3.05) is 0 Å². The fourth-order valence-electron chi connectivity index (χ4n) is 1.82. The molecule has 1 aliphatic carbocycles. The Kier molecular flexibility index (Phi) is 3.06. The molecule has 1 aliphatic rings. The van der Waals surface area contributed by atoms with E-state index in [-0.39, 0.29) is 5.82 Å². The maximum absolute atomic E-state index is 13.0. The lowest BCUT2D eigenvalue weighted by atomic mass is 10.1. The van der Waals surface area contributed by atoms with E-state index >= 15 is 0 Å². The molecule has 0 aliphatic heterocycles. The Morgan fingerprint density at radius 3 is 3.00 bits per heavy atom. The maximum Gasteiger partial charge on any atom is 0.172 e. The summed E-state index contributed by atoms with van der Waals surface area (Å²) in [4.78, 5) is 0. The second-order valence-electron chi connectivity index (χ2n) is 4.46. The van der Waals surface area contributed by atoms with Gasteiger partial charge in [-0.1, -0.05) is 16.8 Å². The summed E-state index contributed by atoms with van der Waals surface area (Å²) in [6.45, 7) is 0.692. The molecule has 1 heterocycles. The van der Waals surface area contributed by atoms with Crippen LogP contribution in [-0.4, -0.2) is 11.2 Å². The van der Waals surface area contributed by atoms with Crippen LogP contribution in [0.15, 0.2) is 28.9 Å². The van der Waals surface area contributed by atoms with Crippen molar-refractivity contribution in [1.29, 1.82) is 0 Å². The summed E-state index contributed by atoms with van der Waals surface area (Å²) in [6.07, 6.45) is 4.11. The molecule has 1 N–H and O–H groups in total. The molecule has 0 atom stereocenters. The van der Waals surface area contributed by atoms with Crippen LogP contribution in [0.1, 0.15) is 18.4 Å². The Bertz CT molecular complexity index is 566. The van der Waals surface area contributed by atoms with Crippen LogP contribution in [0.2, 0.25) is 5.02 Å². The van der Waals surface area contributed by atoms with Gasteiger partial charge in [0.2, 0.25) is 0 Å². The zero-order chi connectivity index (χ0) is 12.5. The molecule has 18 heavy (non-hydrogen) atoms. The zero-order valence-corrected chi connectivity index (χ0v) is 10.4. The molecule has 3 nitrogen and oxygen atoms in total. The smallest absolute Gasteiger partial charge is 0.172 e. The molecule has 0 spiro atoms. The van der Waals surface area contributed by atoms with Gasteiger partial charge in [0.15, 0.2) is 5.76 Å². The molecule has 0 bridgehead atoms. The number of aromatic nitrogens is 1. The van der Waals surface area contributed by atoms with Crippen LogP contribution >= 0.6 is 11.6 Å². The lowest BCUT2D eigenvalue weighted by Gasteiger charge is -2.04. The highest BCUT2D eigenvalue weighted by Crippen LogP contribution is 2.31. The van der Waals surface area contributed by atoms with E-state index in [1.807, 2.05) is 0 Å². The number of benzene rings is 1. The number of hydrogen-bond acceptors (Lipinski definition) is 3. The van der Waals surface area contributed by atoms with E-state index < -0.39 is 0 Å². The summed E-state index contributed by atoms with van der Waals surface area (Å²) in [5.41, 5.74) is 1.61. The molecular weight excluding hydrogens is 255 g/mol. The predicted octanol–water partition coefficient (Wildman–Crippen LogP) is 3.39. The van der Waals surface area contributed by atoms with Crippen LogP contribution in [0.25, 0.3) is 11.3 Å². The fourth-order valence-corrected chi connectivity index (χ4v) is 2.08. The molecule has 1 saturated carbocycles. The molecule has 0 unspecified atom stereocenters. The first-order valence-corrected chi connectivity index (χ1v) is 6.24. The molecule has 1 aromatic heterocycles. The molecule has 2 aromatic rings. The summed E-state index contributed by atoms with van der Waals surface area (Å²) in [6, 6.07) is 4.86. The van der Waals surface area contributed by atoms with Crippen molar-refractivity contribution in [3.63, 3.8) is 0 Å². The zero-order valence-electron chi connectivity index (χ0n) is 9.62. The average molecular weight is 267 g/mol. The van der Waals surface area contributed by atoms with Crippen LogP contribution in [0.3, 0.4) is 0 Å². The fraction of sp³-hybridized carbons (Fsp3) is 0.308. The third kappa shape index (κ3) is 2.40. The van der Waals surface area contributed by atoms with Crippen molar-refractivity contribution in [3.05, 3.63) is 40.8 Å². The molecule has 3 rings (SSSR count). The van der Waals surface area contributed by atoms with Crippen LogP contribution in [0.5, 0.6) is 0 Å². The van der Waals surface area contributed by atoms with Crippen LogP contribution < -0.4 is 5.32 Å². The minimum Gasteiger partial charge on any atom is -0.356 e. The average Bonchev–Trinajstić information content (AvgIpc) is 3.06. The summed E-state index contributed by atoms with van der Waals surface area (Å²) in [7, 11) is 0. The SMILES string of the molecule is Fc1ccc(-c2oncc2CNC2CC2)c(Cl)c1. The van der Waals surface area contributed by atoms with Crippen molar-refractivity contribution >= 4 is 11.6 Å². The van der Waals surface area contributed by atoms with Crippen molar-refractivity contribution in [2.24, 2.45) is 0 Å². The van der Waals surface area contributed by atoms with Crippen molar-refractivity contribution < 1.29 is 8.91 Å². The van der Waals surface area contributed by atoms with Gasteiger partial charge in [-0.15, -0.1) is 0 Å². The van der Waals surface area contributed by atoms with Gasteiger partial charge in [0.05, 0.1) is 11.2 Å². The number of rotatable bonds is 4. The van der Waals surface area contributed by atoms with Crippen molar-refractivity contribution in [3.8, 4) is 11.3 Å². The maximum atomic E-state index is 13.0. The molecule has 0 amide bonds. The van der Waals surface area contributed by atoms with Gasteiger partial charge >= 0.3 is 0 Å². The number of nitrogens with zero attached hydrogens (tertiary/aromatic N) is 1. The number of hydrogen-bond donors (Lipinski definition) is 1. The highest BCUT2D eigenvalue weighted by molar-refractivity contribution is 6.33. The van der Waals surface area contributed by atoms with Crippen molar-refractivity contribution in [1.82, 2.24) is 10.5 Å². The third-order valence-electron chi connectivity index (χ3n) is 2.98. The number of halogens is 2. The second kappa shape index (κ2) is 4.71. The Morgan fingerprint density at radius 2 is 2.28 bits per heavy atom. The van der Waals surface area contributed by atoms with Gasteiger partial charge in [-0.2, -0.15) is 0 Å². The second-order valence-corrected chi connectivity index (χ2v) is 4.87. The van der Waals surface area contributed by atoms with E-state index in [9.17, 15) is 4.39 Å². The van der Waals surface area contributed by atoms with Gasteiger partial charge in [-0.25, -0.2) is 4.39 Å². The summed E-state index contributed by atoms with van der Waals surface area (Å²) in [5, 5.41) is 7.51. The summed E-state index contributed by atoms with van der Waals surface area (Å²) < 4.78 is 18.2.